The maximum atomic E-state index is 12.6. The molecule has 2 N–H and O–H groups in total. The molecule has 0 radical (unpaired) electrons. The van der Waals surface area contributed by atoms with Gasteiger partial charge < -0.3 is 4.74 Å². The van der Waals surface area contributed by atoms with E-state index in [0.29, 0.717) is 17.2 Å². The first kappa shape index (κ1) is 21.8. The Morgan fingerprint density at radius 2 is 1.53 bits per heavy atom. The van der Waals surface area contributed by atoms with Crippen molar-refractivity contribution in [3.63, 3.8) is 0 Å². The molecule has 0 fully saturated rings. The molecular weight excluding hydrogens is 472 g/mol. The third-order valence-corrected chi connectivity index (χ3v) is 6.98. The van der Waals surface area contributed by atoms with Gasteiger partial charge in [-0.05, 0) is 48.5 Å². The average molecular weight is 487 g/mol. The second kappa shape index (κ2) is 9.35. The quantitative estimate of drug-likeness (QED) is 0.354. The number of benzene rings is 3. The number of aromatic nitrogens is 2. The number of nitrogens with one attached hydrogen (secondary N) is 2. The van der Waals surface area contributed by atoms with Crippen LogP contribution in [0, 0.1) is 0 Å². The van der Waals surface area contributed by atoms with Crippen molar-refractivity contribution in [2.24, 2.45) is 0 Å². The van der Waals surface area contributed by atoms with Crippen molar-refractivity contribution < 1.29 is 17.9 Å². The van der Waals surface area contributed by atoms with Gasteiger partial charge in [0, 0.05) is 5.69 Å². The van der Waals surface area contributed by atoms with Gasteiger partial charge in [0.15, 0.2) is 0 Å². The predicted octanol–water partition coefficient (Wildman–Crippen LogP) is 5.04. The second-order valence-corrected chi connectivity index (χ2v) is 9.59. The van der Waals surface area contributed by atoms with Crippen molar-refractivity contribution in [2.75, 3.05) is 10.0 Å². The Hall–Kier alpha value is -3.47. The number of carbonyl (C=O) groups is 1. The number of ether oxygens (including phenoxy) is 1. The standard InChI is InChI=1S/C21H15ClN4O4S2/c22-18-9-5-4-8-17(18)19(27)23-20-24-25-21(31-20)32(28,29)26-14-10-12-16(13-11-14)30-15-6-2-1-3-7-15/h1-13,26H,(H,23,24,27). The van der Waals surface area contributed by atoms with E-state index in [0.717, 1.165) is 11.3 Å². The maximum absolute atomic E-state index is 12.6. The molecule has 0 saturated heterocycles. The first-order valence-corrected chi connectivity index (χ1v) is 11.8. The van der Waals surface area contributed by atoms with E-state index in [4.69, 9.17) is 16.3 Å². The van der Waals surface area contributed by atoms with E-state index < -0.39 is 15.9 Å². The van der Waals surface area contributed by atoms with Gasteiger partial charge in [-0.2, -0.15) is 8.42 Å². The third kappa shape index (κ3) is 5.22. The second-order valence-electron chi connectivity index (χ2n) is 6.35. The number of para-hydroxylation sites is 1. The van der Waals surface area contributed by atoms with Crippen LogP contribution in [0.5, 0.6) is 11.5 Å². The molecule has 0 spiro atoms. The van der Waals surface area contributed by atoms with Gasteiger partial charge in [-0.25, -0.2) is 0 Å². The summed E-state index contributed by atoms with van der Waals surface area (Å²) in [5, 5.41) is 10.2. The molecule has 4 rings (SSSR count). The first-order valence-electron chi connectivity index (χ1n) is 9.16. The Labute approximate surface area is 192 Å². The molecule has 32 heavy (non-hydrogen) atoms. The van der Waals surface area contributed by atoms with Crippen molar-refractivity contribution in [1.82, 2.24) is 10.2 Å². The van der Waals surface area contributed by atoms with Crippen LogP contribution >= 0.6 is 22.9 Å². The summed E-state index contributed by atoms with van der Waals surface area (Å²) >= 11 is 6.72. The van der Waals surface area contributed by atoms with Gasteiger partial charge >= 0.3 is 0 Å². The topological polar surface area (TPSA) is 110 Å². The lowest BCUT2D eigenvalue weighted by Crippen LogP contribution is -2.12. The van der Waals surface area contributed by atoms with Crippen molar-refractivity contribution in [1.29, 1.82) is 0 Å². The summed E-state index contributed by atoms with van der Waals surface area (Å²) in [5.74, 6) is 0.707. The van der Waals surface area contributed by atoms with E-state index in [9.17, 15) is 13.2 Å². The van der Waals surface area contributed by atoms with Crippen molar-refractivity contribution in [2.45, 2.75) is 4.34 Å². The Morgan fingerprint density at radius 3 is 2.25 bits per heavy atom. The number of nitrogens with zero attached hydrogens (tertiary/aromatic N) is 2. The van der Waals surface area contributed by atoms with Crippen LogP contribution in [-0.4, -0.2) is 24.5 Å². The van der Waals surface area contributed by atoms with Gasteiger partial charge in [0.05, 0.1) is 10.6 Å². The molecule has 162 valence electrons. The smallest absolute Gasteiger partial charge is 0.291 e. The summed E-state index contributed by atoms with van der Waals surface area (Å²) in [6, 6.07) is 22.1. The monoisotopic (exact) mass is 486 g/mol. The average Bonchev–Trinajstić information content (AvgIpc) is 3.25. The van der Waals surface area contributed by atoms with Crippen LogP contribution in [0.1, 0.15) is 10.4 Å². The first-order chi connectivity index (χ1) is 15.4. The molecule has 0 unspecified atom stereocenters. The van der Waals surface area contributed by atoms with Crippen LogP contribution in [-0.2, 0) is 10.0 Å². The Kier molecular flexibility index (Phi) is 6.35. The highest BCUT2D eigenvalue weighted by atomic mass is 35.5. The van der Waals surface area contributed by atoms with Crippen molar-refractivity contribution in [3.05, 3.63) is 89.4 Å². The summed E-state index contributed by atoms with van der Waals surface area (Å²) in [4.78, 5) is 12.3. The molecule has 0 saturated carbocycles. The molecule has 1 amide bonds. The highest BCUT2D eigenvalue weighted by Crippen LogP contribution is 2.26. The highest BCUT2D eigenvalue weighted by Gasteiger charge is 2.22. The number of halogens is 1. The zero-order valence-corrected chi connectivity index (χ0v) is 18.6. The number of sulfonamides is 1. The van der Waals surface area contributed by atoms with Crippen LogP contribution in [0.3, 0.4) is 0 Å². The molecule has 0 bridgehead atoms. The number of anilines is 2. The van der Waals surface area contributed by atoms with E-state index in [1.54, 1.807) is 48.5 Å². The molecule has 0 atom stereocenters. The zero-order chi connectivity index (χ0) is 22.6. The van der Waals surface area contributed by atoms with Crippen LogP contribution in [0.2, 0.25) is 5.02 Å². The van der Waals surface area contributed by atoms with Gasteiger partial charge in [0.25, 0.3) is 20.3 Å². The molecular formula is C21H15ClN4O4S2. The minimum Gasteiger partial charge on any atom is -0.457 e. The lowest BCUT2D eigenvalue weighted by molar-refractivity contribution is 0.102. The molecule has 1 aromatic heterocycles. The Bertz CT molecular complexity index is 1340. The number of rotatable bonds is 7. The van der Waals surface area contributed by atoms with Crippen molar-refractivity contribution >= 4 is 49.7 Å². The summed E-state index contributed by atoms with van der Waals surface area (Å²) < 4.78 is 33.1. The fraction of sp³-hybridized carbons (Fsp3) is 0. The van der Waals surface area contributed by atoms with Gasteiger partial charge in [-0.1, -0.05) is 53.3 Å². The van der Waals surface area contributed by atoms with Crippen LogP contribution < -0.4 is 14.8 Å². The van der Waals surface area contributed by atoms with E-state index in [1.807, 2.05) is 30.3 Å². The molecule has 0 aliphatic heterocycles. The zero-order valence-electron chi connectivity index (χ0n) is 16.2. The summed E-state index contributed by atoms with van der Waals surface area (Å²) in [5.41, 5.74) is 0.562. The number of amides is 1. The Balaban J connectivity index is 1.42. The van der Waals surface area contributed by atoms with Gasteiger partial charge in [0.2, 0.25) is 5.13 Å². The van der Waals surface area contributed by atoms with Gasteiger partial charge in [0.1, 0.15) is 11.5 Å². The van der Waals surface area contributed by atoms with E-state index >= 15 is 0 Å². The summed E-state index contributed by atoms with van der Waals surface area (Å²) in [6.07, 6.45) is 0. The van der Waals surface area contributed by atoms with Crippen molar-refractivity contribution in [3.8, 4) is 11.5 Å². The predicted molar refractivity (Wildman–Crippen MR) is 123 cm³/mol. The molecule has 4 aromatic rings. The summed E-state index contributed by atoms with van der Waals surface area (Å²) in [7, 11) is -4.00. The van der Waals surface area contributed by atoms with Crippen LogP contribution in [0.4, 0.5) is 10.8 Å². The number of hydrogen-bond acceptors (Lipinski definition) is 7. The molecule has 8 nitrogen and oxygen atoms in total. The molecule has 0 aliphatic carbocycles. The number of carbonyl (C=O) groups excluding carboxylic acids is 1. The minimum absolute atomic E-state index is 0.0295. The lowest BCUT2D eigenvalue weighted by Gasteiger charge is -2.08. The fourth-order valence-corrected chi connectivity index (χ4v) is 4.77. The lowest BCUT2D eigenvalue weighted by atomic mass is 10.2. The van der Waals surface area contributed by atoms with Gasteiger partial charge in [-0.15, -0.1) is 10.2 Å². The molecule has 0 aliphatic rings. The third-order valence-electron chi connectivity index (χ3n) is 4.06. The fourth-order valence-electron chi connectivity index (χ4n) is 2.59. The van der Waals surface area contributed by atoms with Crippen LogP contribution in [0.15, 0.2) is 83.2 Å². The normalized spacial score (nSPS) is 11.0. The SMILES string of the molecule is O=C(Nc1nnc(S(=O)(=O)Nc2ccc(Oc3ccccc3)cc2)s1)c1ccccc1Cl. The molecule has 11 heteroatoms. The summed E-state index contributed by atoms with van der Waals surface area (Å²) in [6.45, 7) is 0. The Morgan fingerprint density at radius 1 is 0.875 bits per heavy atom. The number of hydrogen-bond donors (Lipinski definition) is 2. The minimum atomic E-state index is -4.00. The molecule has 1 heterocycles. The maximum Gasteiger partial charge on any atom is 0.291 e. The van der Waals surface area contributed by atoms with E-state index in [2.05, 4.69) is 20.2 Å². The van der Waals surface area contributed by atoms with E-state index in [1.165, 1.54) is 0 Å². The molecule has 3 aromatic carbocycles. The largest absolute Gasteiger partial charge is 0.457 e. The van der Waals surface area contributed by atoms with E-state index in [-0.39, 0.29) is 20.1 Å². The van der Waals surface area contributed by atoms with Crippen LogP contribution in [0.25, 0.3) is 0 Å². The highest BCUT2D eigenvalue weighted by molar-refractivity contribution is 7.94. The van der Waals surface area contributed by atoms with Gasteiger partial charge in [-0.3, -0.25) is 14.8 Å².